The molecule has 0 spiro atoms. The number of hydrogen-bond acceptors (Lipinski definition) is 5. The molecule has 46 heavy (non-hydrogen) atoms. The Kier molecular flexibility index (Phi) is 10.4. The number of likely N-dealkylation sites (tertiary alicyclic amines) is 1. The molecule has 1 unspecified atom stereocenters. The molecule has 1 aliphatic heterocycles. The van der Waals surface area contributed by atoms with Gasteiger partial charge in [-0.15, -0.1) is 0 Å². The maximum atomic E-state index is 14.4. The Balaban J connectivity index is 1.32. The first kappa shape index (κ1) is 33.9. The second-order valence-electron chi connectivity index (χ2n) is 15.6. The maximum absolute atomic E-state index is 14.4. The number of primary amides is 1. The summed E-state index contributed by atoms with van der Waals surface area (Å²) in [5, 5.41) is 9.16. The van der Waals surface area contributed by atoms with Crippen LogP contribution in [0.15, 0.2) is 30.3 Å². The first-order valence-corrected chi connectivity index (χ1v) is 17.4. The average Bonchev–Trinajstić information content (AvgIpc) is 3.74. The fourth-order valence-corrected chi connectivity index (χ4v) is 7.79. The lowest BCUT2D eigenvalue weighted by molar-refractivity contribution is -0.143. The van der Waals surface area contributed by atoms with Crippen LogP contribution in [-0.2, 0) is 25.6 Å². The van der Waals surface area contributed by atoms with Gasteiger partial charge in [0.05, 0.1) is 6.04 Å². The van der Waals surface area contributed by atoms with Gasteiger partial charge in [-0.1, -0.05) is 89.6 Å². The van der Waals surface area contributed by atoms with Gasteiger partial charge in [0.25, 0.3) is 5.91 Å². The number of nitrogens with zero attached hydrogens (tertiary/aromatic N) is 1. The Morgan fingerprint density at radius 2 is 1.59 bits per heavy atom. The van der Waals surface area contributed by atoms with Crippen LogP contribution in [0.1, 0.15) is 103 Å². The van der Waals surface area contributed by atoms with Crippen molar-refractivity contribution in [3.05, 3.63) is 35.9 Å². The standard InChI is InChI=1S/C36H53N5O5/c1-35(2,3)30(39-34(46)40-36(17-8-5-9-18-36)21-24-11-6-4-7-12-24)33(45)41-22-26(25-15-16-25)20-28(41)32(44)38-27(29(42)31(37)43)19-23-13-10-14-23/h4,6-7,11-12,23,25-28,30H,5,8-10,13-22H2,1-3H3,(H2,37,43)(H,38,44)(H2,39,40,46)/t26-,27?,28+,30-/m1/s1. The Morgan fingerprint density at radius 3 is 2.15 bits per heavy atom. The van der Waals surface area contributed by atoms with Crippen molar-refractivity contribution in [2.24, 2.45) is 28.9 Å². The van der Waals surface area contributed by atoms with Crippen LogP contribution in [0.2, 0.25) is 0 Å². The largest absolute Gasteiger partial charge is 0.363 e. The highest BCUT2D eigenvalue weighted by atomic mass is 16.2. The van der Waals surface area contributed by atoms with E-state index in [0.29, 0.717) is 25.3 Å². The second kappa shape index (κ2) is 14.1. The van der Waals surface area contributed by atoms with Crippen molar-refractivity contribution in [1.29, 1.82) is 0 Å². The molecule has 0 radical (unpaired) electrons. The van der Waals surface area contributed by atoms with E-state index in [9.17, 15) is 24.0 Å². The molecule has 252 valence electrons. The summed E-state index contributed by atoms with van der Waals surface area (Å²) in [6.07, 6.45) is 11.6. The minimum atomic E-state index is -1.06. The van der Waals surface area contributed by atoms with E-state index < -0.39 is 46.7 Å². The molecule has 5 rings (SSSR count). The van der Waals surface area contributed by atoms with Crippen molar-refractivity contribution in [1.82, 2.24) is 20.9 Å². The fraction of sp³-hybridized carbons (Fsp3) is 0.694. The average molecular weight is 636 g/mol. The van der Waals surface area contributed by atoms with E-state index in [4.69, 9.17) is 5.73 Å². The molecule has 1 heterocycles. The minimum absolute atomic E-state index is 0.169. The highest BCUT2D eigenvalue weighted by Crippen LogP contribution is 2.44. The summed E-state index contributed by atoms with van der Waals surface area (Å²) in [6, 6.07) is 7.13. The molecule has 3 aliphatic carbocycles. The number of Topliss-reactive ketones (excluding diaryl/α,β-unsaturated/α-hetero) is 1. The maximum Gasteiger partial charge on any atom is 0.315 e. The van der Waals surface area contributed by atoms with E-state index in [0.717, 1.165) is 76.2 Å². The smallest absolute Gasteiger partial charge is 0.315 e. The number of nitrogens with two attached hydrogens (primary N) is 1. The Morgan fingerprint density at radius 1 is 0.913 bits per heavy atom. The quantitative estimate of drug-likeness (QED) is 0.256. The molecule has 0 bridgehead atoms. The molecule has 4 atom stereocenters. The van der Waals surface area contributed by atoms with Gasteiger partial charge >= 0.3 is 6.03 Å². The molecule has 10 nitrogen and oxygen atoms in total. The van der Waals surface area contributed by atoms with Crippen molar-refractivity contribution in [2.45, 2.75) is 128 Å². The van der Waals surface area contributed by atoms with Gasteiger partial charge in [0, 0.05) is 12.1 Å². The molecule has 1 saturated heterocycles. The number of carbonyl (C=O) groups excluding carboxylic acids is 5. The third kappa shape index (κ3) is 8.28. The molecule has 5 amide bonds. The second-order valence-corrected chi connectivity index (χ2v) is 15.6. The SMILES string of the molecule is CC(C)(C)[C@H](NC(=O)NC1(Cc2ccccc2)CCCCC1)C(=O)N1C[C@H](C2CC2)C[C@H]1C(=O)NC(CC1CCC1)C(=O)C(N)=O. The van der Waals surface area contributed by atoms with Crippen LogP contribution in [0.4, 0.5) is 4.79 Å². The fourth-order valence-electron chi connectivity index (χ4n) is 7.79. The lowest BCUT2D eigenvalue weighted by atomic mass is 9.77. The van der Waals surface area contributed by atoms with E-state index >= 15 is 0 Å². The van der Waals surface area contributed by atoms with Gasteiger partial charge in [0.15, 0.2) is 0 Å². The number of benzene rings is 1. The predicted octanol–water partition coefficient (Wildman–Crippen LogP) is 4.00. The van der Waals surface area contributed by atoms with Crippen LogP contribution < -0.4 is 21.7 Å². The van der Waals surface area contributed by atoms with E-state index in [1.165, 1.54) is 0 Å². The van der Waals surface area contributed by atoms with Crippen LogP contribution in [0.3, 0.4) is 0 Å². The zero-order chi connectivity index (χ0) is 33.1. The third-order valence-corrected chi connectivity index (χ3v) is 10.8. The Labute approximate surface area is 273 Å². The number of ketones is 1. The molecular formula is C36H53N5O5. The van der Waals surface area contributed by atoms with Crippen molar-refractivity contribution < 1.29 is 24.0 Å². The minimum Gasteiger partial charge on any atom is -0.363 e. The van der Waals surface area contributed by atoms with Gasteiger partial charge in [0.1, 0.15) is 12.1 Å². The molecule has 0 aromatic heterocycles. The van der Waals surface area contributed by atoms with Crippen molar-refractivity contribution in [3.8, 4) is 0 Å². The number of amides is 5. The predicted molar refractivity (Wildman–Crippen MR) is 175 cm³/mol. The molecule has 1 aromatic rings. The molecule has 4 fully saturated rings. The summed E-state index contributed by atoms with van der Waals surface area (Å²) in [5.74, 6) is -1.71. The van der Waals surface area contributed by atoms with Crippen LogP contribution in [0, 0.1) is 23.2 Å². The summed E-state index contributed by atoms with van der Waals surface area (Å²) in [4.78, 5) is 68.2. The van der Waals surface area contributed by atoms with E-state index in [1.807, 2.05) is 39.0 Å². The number of carbonyl (C=O) groups is 5. The Bertz CT molecular complexity index is 1280. The molecular weight excluding hydrogens is 582 g/mol. The summed E-state index contributed by atoms with van der Waals surface area (Å²) >= 11 is 0. The lowest BCUT2D eigenvalue weighted by Crippen LogP contribution is -2.62. The summed E-state index contributed by atoms with van der Waals surface area (Å²) in [6.45, 7) is 6.17. The van der Waals surface area contributed by atoms with Gasteiger partial charge in [0.2, 0.25) is 17.6 Å². The number of urea groups is 1. The summed E-state index contributed by atoms with van der Waals surface area (Å²) < 4.78 is 0. The third-order valence-electron chi connectivity index (χ3n) is 10.8. The first-order valence-electron chi connectivity index (χ1n) is 17.4. The lowest BCUT2D eigenvalue weighted by Gasteiger charge is -2.40. The molecule has 3 saturated carbocycles. The Hall–Kier alpha value is -3.43. The van der Waals surface area contributed by atoms with E-state index in [-0.39, 0.29) is 23.8 Å². The first-order chi connectivity index (χ1) is 21.8. The zero-order valence-corrected chi connectivity index (χ0v) is 27.8. The van der Waals surface area contributed by atoms with Gasteiger partial charge < -0.3 is 26.6 Å². The monoisotopic (exact) mass is 635 g/mol. The van der Waals surface area contributed by atoms with E-state index in [2.05, 4.69) is 28.1 Å². The summed E-state index contributed by atoms with van der Waals surface area (Å²) in [7, 11) is 0. The molecule has 10 heteroatoms. The topological polar surface area (TPSA) is 151 Å². The number of nitrogens with one attached hydrogen (secondary N) is 3. The number of rotatable bonds is 12. The van der Waals surface area contributed by atoms with E-state index in [1.54, 1.807) is 4.90 Å². The molecule has 5 N–H and O–H groups in total. The summed E-state index contributed by atoms with van der Waals surface area (Å²) in [5.41, 5.74) is 5.48. The van der Waals surface area contributed by atoms with Crippen molar-refractivity contribution in [3.63, 3.8) is 0 Å². The highest BCUT2D eigenvalue weighted by Gasteiger charge is 2.49. The number of hydrogen-bond donors (Lipinski definition) is 4. The zero-order valence-electron chi connectivity index (χ0n) is 27.8. The molecule has 4 aliphatic rings. The van der Waals surface area contributed by atoms with Crippen LogP contribution in [0.5, 0.6) is 0 Å². The molecule has 1 aromatic carbocycles. The van der Waals surface area contributed by atoms with Gasteiger partial charge in [-0.25, -0.2) is 4.79 Å². The van der Waals surface area contributed by atoms with Crippen LogP contribution >= 0.6 is 0 Å². The normalized spacial score (nSPS) is 24.3. The van der Waals surface area contributed by atoms with Crippen LogP contribution in [0.25, 0.3) is 0 Å². The van der Waals surface area contributed by atoms with Crippen LogP contribution in [-0.4, -0.2) is 64.6 Å². The van der Waals surface area contributed by atoms with Gasteiger partial charge in [-0.2, -0.15) is 0 Å². The van der Waals surface area contributed by atoms with Gasteiger partial charge in [-0.3, -0.25) is 19.2 Å². The van der Waals surface area contributed by atoms with Crippen molar-refractivity contribution >= 4 is 29.5 Å². The van der Waals surface area contributed by atoms with Gasteiger partial charge in [-0.05, 0) is 73.7 Å². The van der Waals surface area contributed by atoms with Crippen molar-refractivity contribution in [2.75, 3.05) is 6.54 Å². The highest BCUT2D eigenvalue weighted by molar-refractivity contribution is 6.37.